The van der Waals surface area contributed by atoms with Gasteiger partial charge in [-0.1, -0.05) is 79.2 Å². The summed E-state index contributed by atoms with van der Waals surface area (Å²) in [7, 11) is 0. The molecule has 0 N–H and O–H groups in total. The molecule has 5 heteroatoms. The summed E-state index contributed by atoms with van der Waals surface area (Å²) in [5.74, 6) is 2.64. The van der Waals surface area contributed by atoms with E-state index < -0.39 is 0 Å². The summed E-state index contributed by atoms with van der Waals surface area (Å²) in [5.41, 5.74) is 8.27. The molecule has 0 amide bonds. The van der Waals surface area contributed by atoms with Gasteiger partial charge in [0.1, 0.15) is 36.7 Å². The van der Waals surface area contributed by atoms with E-state index in [1.54, 1.807) is 0 Å². The molecule has 0 aliphatic carbocycles. The predicted octanol–water partition coefficient (Wildman–Crippen LogP) is 10.0. The Kier molecular flexibility index (Phi) is 9.76. The van der Waals surface area contributed by atoms with Crippen LogP contribution in [0.5, 0.6) is 17.2 Å². The standard InChI is InChI=1S/C43H44N2O3/c1-32-41-28-40(47-31-36-14-8-4-9-15-36)24-25-42(41)45(29-34-16-20-39(21-17-34)48-33(2)44-26-10-5-11-27-44)43(32)37-18-22-38(23-19-37)46-30-35-12-6-3-7-13-35/h3-4,6-9,12-25,28,33H,5,10-11,26-27,29-31H2,1-2H3. The van der Waals surface area contributed by atoms with E-state index in [0.717, 1.165) is 53.6 Å². The molecule has 1 saturated heterocycles. The van der Waals surface area contributed by atoms with E-state index in [1.807, 2.05) is 36.4 Å². The van der Waals surface area contributed by atoms with Crippen molar-refractivity contribution in [3.8, 4) is 28.5 Å². The maximum atomic E-state index is 6.35. The molecule has 6 aromatic rings. The minimum Gasteiger partial charge on any atom is -0.489 e. The lowest BCUT2D eigenvalue weighted by Gasteiger charge is -2.32. The van der Waals surface area contributed by atoms with Crippen molar-refractivity contribution in [2.24, 2.45) is 0 Å². The van der Waals surface area contributed by atoms with Crippen molar-refractivity contribution < 1.29 is 14.2 Å². The third kappa shape index (κ3) is 7.42. The number of piperidine rings is 1. The third-order valence-electron chi connectivity index (χ3n) is 9.39. The number of aromatic nitrogens is 1. The number of ether oxygens (including phenoxy) is 3. The van der Waals surface area contributed by atoms with Crippen molar-refractivity contribution in [1.29, 1.82) is 0 Å². The van der Waals surface area contributed by atoms with Gasteiger partial charge in [-0.25, -0.2) is 0 Å². The van der Waals surface area contributed by atoms with Gasteiger partial charge in [-0.15, -0.1) is 0 Å². The summed E-state index contributed by atoms with van der Waals surface area (Å²) >= 11 is 0. The smallest absolute Gasteiger partial charge is 0.149 e. The van der Waals surface area contributed by atoms with Gasteiger partial charge in [0.2, 0.25) is 0 Å². The van der Waals surface area contributed by atoms with Gasteiger partial charge >= 0.3 is 0 Å². The van der Waals surface area contributed by atoms with Crippen LogP contribution >= 0.6 is 0 Å². The Bertz CT molecular complexity index is 1910. The van der Waals surface area contributed by atoms with Crippen LogP contribution in [-0.4, -0.2) is 28.8 Å². The highest BCUT2D eigenvalue weighted by Crippen LogP contribution is 2.37. The second kappa shape index (κ2) is 14.8. The summed E-state index contributed by atoms with van der Waals surface area (Å²) in [6.07, 6.45) is 3.91. The number of rotatable bonds is 12. The molecule has 5 nitrogen and oxygen atoms in total. The Morgan fingerprint density at radius 2 is 1.19 bits per heavy atom. The number of likely N-dealkylation sites (tertiary alicyclic amines) is 1. The van der Waals surface area contributed by atoms with Crippen molar-refractivity contribution in [1.82, 2.24) is 9.47 Å². The topological polar surface area (TPSA) is 35.9 Å². The summed E-state index contributed by atoms with van der Waals surface area (Å²) in [5, 5.41) is 1.19. The van der Waals surface area contributed by atoms with E-state index in [9.17, 15) is 0 Å². The molecule has 1 aliphatic heterocycles. The van der Waals surface area contributed by atoms with E-state index in [4.69, 9.17) is 14.2 Å². The lowest BCUT2D eigenvalue weighted by atomic mass is 10.1. The Labute approximate surface area is 284 Å². The Balaban J connectivity index is 1.16. The molecule has 1 unspecified atom stereocenters. The number of benzene rings is 5. The fourth-order valence-corrected chi connectivity index (χ4v) is 6.73. The molecule has 244 valence electrons. The molecule has 7 rings (SSSR count). The molecule has 0 radical (unpaired) electrons. The van der Waals surface area contributed by atoms with Crippen LogP contribution in [0.1, 0.15) is 48.4 Å². The van der Waals surface area contributed by atoms with E-state index in [2.05, 4.69) is 114 Å². The summed E-state index contributed by atoms with van der Waals surface area (Å²) < 4.78 is 21.1. The average Bonchev–Trinajstić information content (AvgIpc) is 3.41. The van der Waals surface area contributed by atoms with E-state index in [0.29, 0.717) is 13.2 Å². The van der Waals surface area contributed by atoms with Crippen LogP contribution in [0.2, 0.25) is 0 Å². The maximum absolute atomic E-state index is 6.35. The van der Waals surface area contributed by atoms with Gasteiger partial charge in [-0.05, 0) is 109 Å². The zero-order chi connectivity index (χ0) is 32.7. The summed E-state index contributed by atoms with van der Waals surface area (Å²) in [4.78, 5) is 2.44. The van der Waals surface area contributed by atoms with Crippen LogP contribution in [0.25, 0.3) is 22.2 Å². The second-order valence-corrected chi connectivity index (χ2v) is 12.8. The number of nitrogens with zero attached hydrogens (tertiary/aromatic N) is 2. The molecular weight excluding hydrogens is 592 g/mol. The average molecular weight is 637 g/mol. The molecule has 48 heavy (non-hydrogen) atoms. The molecule has 1 aromatic heterocycles. The van der Waals surface area contributed by atoms with Crippen LogP contribution in [0.4, 0.5) is 0 Å². The van der Waals surface area contributed by atoms with Gasteiger partial charge in [0.05, 0.1) is 5.69 Å². The minimum atomic E-state index is 0.0803. The minimum absolute atomic E-state index is 0.0803. The lowest BCUT2D eigenvalue weighted by molar-refractivity contribution is 0.0262. The highest BCUT2D eigenvalue weighted by molar-refractivity contribution is 5.92. The normalized spacial score (nSPS) is 14.1. The number of hydrogen-bond acceptors (Lipinski definition) is 4. The first-order valence-electron chi connectivity index (χ1n) is 17.2. The zero-order valence-electron chi connectivity index (χ0n) is 28.0. The maximum Gasteiger partial charge on any atom is 0.149 e. The van der Waals surface area contributed by atoms with E-state index in [1.165, 1.54) is 47.0 Å². The first kappa shape index (κ1) is 31.6. The number of aryl methyl sites for hydroxylation is 1. The first-order chi connectivity index (χ1) is 23.6. The molecule has 1 fully saturated rings. The van der Waals surface area contributed by atoms with Crippen molar-refractivity contribution in [3.63, 3.8) is 0 Å². The predicted molar refractivity (Wildman–Crippen MR) is 195 cm³/mol. The largest absolute Gasteiger partial charge is 0.489 e. The fourth-order valence-electron chi connectivity index (χ4n) is 6.73. The van der Waals surface area contributed by atoms with Crippen molar-refractivity contribution in [2.45, 2.75) is 59.1 Å². The van der Waals surface area contributed by atoms with Crippen LogP contribution in [0.3, 0.4) is 0 Å². The van der Waals surface area contributed by atoms with Gasteiger partial charge in [0, 0.05) is 30.5 Å². The Morgan fingerprint density at radius 1 is 0.604 bits per heavy atom. The van der Waals surface area contributed by atoms with Crippen molar-refractivity contribution in [2.75, 3.05) is 13.1 Å². The molecule has 5 aromatic carbocycles. The number of hydrogen-bond donors (Lipinski definition) is 0. The van der Waals surface area contributed by atoms with Crippen LogP contribution < -0.4 is 14.2 Å². The molecule has 1 aliphatic rings. The van der Waals surface area contributed by atoms with Gasteiger partial charge < -0.3 is 18.8 Å². The SMILES string of the molecule is Cc1c(-c2ccc(OCc3ccccc3)cc2)n(Cc2ccc(OC(C)N3CCCCC3)cc2)c2ccc(OCc3ccccc3)cc12. The van der Waals surface area contributed by atoms with Crippen LogP contribution in [-0.2, 0) is 19.8 Å². The van der Waals surface area contributed by atoms with Crippen LogP contribution in [0, 0.1) is 6.92 Å². The van der Waals surface area contributed by atoms with E-state index >= 15 is 0 Å². The fraction of sp³-hybridized carbons (Fsp3) is 0.256. The van der Waals surface area contributed by atoms with E-state index in [-0.39, 0.29) is 6.23 Å². The Morgan fingerprint density at radius 3 is 1.83 bits per heavy atom. The second-order valence-electron chi connectivity index (χ2n) is 12.8. The molecule has 1 atom stereocenters. The van der Waals surface area contributed by atoms with Crippen molar-refractivity contribution >= 4 is 10.9 Å². The first-order valence-corrected chi connectivity index (χ1v) is 17.2. The quantitative estimate of drug-likeness (QED) is 0.134. The van der Waals surface area contributed by atoms with Crippen molar-refractivity contribution in [3.05, 3.63) is 150 Å². The lowest BCUT2D eigenvalue weighted by Crippen LogP contribution is -2.40. The molecule has 0 bridgehead atoms. The zero-order valence-corrected chi connectivity index (χ0v) is 28.0. The van der Waals surface area contributed by atoms with Gasteiger partial charge in [0.25, 0.3) is 0 Å². The third-order valence-corrected chi connectivity index (χ3v) is 9.39. The molecular formula is C43H44N2O3. The van der Waals surface area contributed by atoms with Gasteiger partial charge in [-0.3, -0.25) is 4.90 Å². The number of fused-ring (bicyclic) bond motifs is 1. The van der Waals surface area contributed by atoms with Gasteiger partial charge in [0.15, 0.2) is 0 Å². The molecule has 0 spiro atoms. The highest BCUT2D eigenvalue weighted by atomic mass is 16.5. The summed E-state index contributed by atoms with van der Waals surface area (Å²) in [6, 6.07) is 44.2. The van der Waals surface area contributed by atoms with Crippen LogP contribution in [0.15, 0.2) is 127 Å². The Hall–Kier alpha value is -5.00. The highest BCUT2D eigenvalue weighted by Gasteiger charge is 2.19. The monoisotopic (exact) mass is 636 g/mol. The summed E-state index contributed by atoms with van der Waals surface area (Å²) in [6.45, 7) is 8.42. The molecule has 2 heterocycles. The van der Waals surface area contributed by atoms with Gasteiger partial charge in [-0.2, -0.15) is 0 Å². The molecule has 0 saturated carbocycles.